The summed E-state index contributed by atoms with van der Waals surface area (Å²) < 4.78 is 11.5. The molecule has 0 bridgehead atoms. The third-order valence-corrected chi connectivity index (χ3v) is 4.50. The summed E-state index contributed by atoms with van der Waals surface area (Å²) in [7, 11) is 0. The summed E-state index contributed by atoms with van der Waals surface area (Å²) in [5.41, 5.74) is -0.423. The molecule has 0 amide bonds. The van der Waals surface area contributed by atoms with Gasteiger partial charge in [0.2, 0.25) is 0 Å². The van der Waals surface area contributed by atoms with E-state index in [0.717, 1.165) is 13.2 Å². The lowest BCUT2D eigenvalue weighted by atomic mass is 9.67. The maximum absolute atomic E-state index is 5.76. The van der Waals surface area contributed by atoms with Crippen LogP contribution in [-0.2, 0) is 9.47 Å². The molecule has 0 heterocycles. The molecule has 0 aliphatic carbocycles. The van der Waals surface area contributed by atoms with Gasteiger partial charge in [0.05, 0.1) is 11.2 Å². The Balaban J connectivity index is 5.16. The number of ether oxygens (including phenoxy) is 2. The Labute approximate surface area is 139 Å². The fraction of sp³-hybridized carbons (Fsp3) is 0.800. The number of rotatable bonds is 9. The van der Waals surface area contributed by atoms with Crippen molar-refractivity contribution in [3.63, 3.8) is 0 Å². The van der Waals surface area contributed by atoms with Crippen LogP contribution in [0.5, 0.6) is 0 Å². The van der Waals surface area contributed by atoms with Crippen molar-refractivity contribution < 1.29 is 9.47 Å². The SMILES string of the molecule is CCOC(C)(C)/C=C/C(C)(C)C(C)(C)/C=C/C(C)(C)OCC. The van der Waals surface area contributed by atoms with E-state index >= 15 is 0 Å². The molecule has 2 heteroatoms. The molecule has 0 unspecified atom stereocenters. The van der Waals surface area contributed by atoms with Crippen LogP contribution in [0.2, 0.25) is 0 Å². The van der Waals surface area contributed by atoms with Crippen LogP contribution >= 0.6 is 0 Å². The van der Waals surface area contributed by atoms with Crippen molar-refractivity contribution in [2.75, 3.05) is 13.2 Å². The average molecular weight is 311 g/mol. The van der Waals surface area contributed by atoms with Gasteiger partial charge in [-0.25, -0.2) is 0 Å². The first-order valence-corrected chi connectivity index (χ1v) is 8.47. The Kier molecular flexibility index (Phi) is 7.57. The van der Waals surface area contributed by atoms with E-state index in [-0.39, 0.29) is 22.0 Å². The fourth-order valence-corrected chi connectivity index (χ4v) is 2.09. The third-order valence-electron chi connectivity index (χ3n) is 4.50. The summed E-state index contributed by atoms with van der Waals surface area (Å²) in [6, 6.07) is 0. The Morgan fingerprint density at radius 3 is 1.05 bits per heavy atom. The van der Waals surface area contributed by atoms with Gasteiger partial charge >= 0.3 is 0 Å². The zero-order chi connectivity index (χ0) is 17.7. The first kappa shape index (κ1) is 21.4. The van der Waals surface area contributed by atoms with Gasteiger partial charge in [-0.1, -0.05) is 52.0 Å². The Bertz CT molecular complexity index is 347. The number of hydrogen-bond donors (Lipinski definition) is 0. The third kappa shape index (κ3) is 7.11. The lowest BCUT2D eigenvalue weighted by molar-refractivity contribution is 0.0258. The standard InChI is InChI=1S/C20H38O2/c1-11-21-19(7,8)15-13-17(3,4)18(5,6)14-16-20(9,10)22-12-2/h13-16H,11-12H2,1-10H3/b15-13+,16-14+. The minimum Gasteiger partial charge on any atom is -0.372 e. The quantitative estimate of drug-likeness (QED) is 0.502. The zero-order valence-corrected chi connectivity index (χ0v) is 16.5. The van der Waals surface area contributed by atoms with Crippen molar-refractivity contribution >= 4 is 0 Å². The van der Waals surface area contributed by atoms with Gasteiger partial charge in [0.25, 0.3) is 0 Å². The second kappa shape index (κ2) is 7.79. The maximum Gasteiger partial charge on any atom is 0.0806 e. The normalized spacial score (nSPS) is 15.2. The molecule has 0 saturated heterocycles. The van der Waals surface area contributed by atoms with Crippen molar-refractivity contribution in [2.24, 2.45) is 10.8 Å². The minimum absolute atomic E-state index is 0.0141. The smallest absolute Gasteiger partial charge is 0.0806 e. The number of allylic oxidation sites excluding steroid dienone is 2. The molecule has 22 heavy (non-hydrogen) atoms. The van der Waals surface area contributed by atoms with Crippen LogP contribution in [0.1, 0.15) is 69.2 Å². The van der Waals surface area contributed by atoms with E-state index in [1.165, 1.54) is 0 Å². The molecule has 0 rings (SSSR count). The molecular formula is C20H38O2. The van der Waals surface area contributed by atoms with E-state index in [1.807, 2.05) is 13.8 Å². The first-order valence-electron chi connectivity index (χ1n) is 8.47. The van der Waals surface area contributed by atoms with Crippen molar-refractivity contribution in [3.05, 3.63) is 24.3 Å². The van der Waals surface area contributed by atoms with Gasteiger partial charge < -0.3 is 9.47 Å². The van der Waals surface area contributed by atoms with Crippen molar-refractivity contribution in [1.29, 1.82) is 0 Å². The summed E-state index contributed by atoms with van der Waals surface area (Å²) >= 11 is 0. The Morgan fingerprint density at radius 1 is 0.545 bits per heavy atom. The van der Waals surface area contributed by atoms with E-state index in [0.29, 0.717) is 0 Å². The molecule has 0 spiro atoms. The zero-order valence-electron chi connectivity index (χ0n) is 16.5. The summed E-state index contributed by atoms with van der Waals surface area (Å²) in [5, 5.41) is 0. The molecule has 0 N–H and O–H groups in total. The monoisotopic (exact) mass is 310 g/mol. The van der Waals surface area contributed by atoms with Crippen LogP contribution < -0.4 is 0 Å². The van der Waals surface area contributed by atoms with E-state index in [1.54, 1.807) is 0 Å². The Hall–Kier alpha value is -0.600. The first-order chi connectivity index (χ1) is 9.79. The van der Waals surface area contributed by atoms with Crippen LogP contribution in [0.15, 0.2) is 24.3 Å². The van der Waals surface area contributed by atoms with Crippen LogP contribution in [0.25, 0.3) is 0 Å². The fourth-order valence-electron chi connectivity index (χ4n) is 2.09. The van der Waals surface area contributed by atoms with Crippen molar-refractivity contribution in [3.8, 4) is 0 Å². The van der Waals surface area contributed by atoms with Gasteiger partial charge in [-0.15, -0.1) is 0 Å². The highest BCUT2D eigenvalue weighted by Gasteiger charge is 2.33. The summed E-state index contributed by atoms with van der Waals surface area (Å²) in [5.74, 6) is 0. The maximum atomic E-state index is 5.76. The largest absolute Gasteiger partial charge is 0.372 e. The molecule has 0 atom stereocenters. The molecule has 0 aromatic rings. The van der Waals surface area contributed by atoms with E-state index in [4.69, 9.17) is 9.47 Å². The van der Waals surface area contributed by atoms with Gasteiger partial charge in [0.15, 0.2) is 0 Å². The summed E-state index contributed by atoms with van der Waals surface area (Å²) in [6.07, 6.45) is 8.92. The van der Waals surface area contributed by atoms with E-state index in [2.05, 4.69) is 79.7 Å². The van der Waals surface area contributed by atoms with E-state index in [9.17, 15) is 0 Å². The van der Waals surface area contributed by atoms with E-state index < -0.39 is 0 Å². The predicted molar refractivity (Wildman–Crippen MR) is 97.3 cm³/mol. The molecule has 0 aliphatic rings. The summed E-state index contributed by atoms with van der Waals surface area (Å²) in [6.45, 7) is 23.0. The van der Waals surface area contributed by atoms with Crippen LogP contribution in [0, 0.1) is 10.8 Å². The van der Waals surface area contributed by atoms with Gasteiger partial charge in [-0.05, 0) is 52.4 Å². The highest BCUT2D eigenvalue weighted by molar-refractivity contribution is 5.15. The van der Waals surface area contributed by atoms with Crippen molar-refractivity contribution in [2.45, 2.75) is 80.4 Å². The number of hydrogen-bond acceptors (Lipinski definition) is 2. The Morgan fingerprint density at radius 2 is 0.818 bits per heavy atom. The van der Waals surface area contributed by atoms with Gasteiger partial charge in [-0.2, -0.15) is 0 Å². The van der Waals surface area contributed by atoms with Gasteiger partial charge in [-0.3, -0.25) is 0 Å². The lowest BCUT2D eigenvalue weighted by Crippen LogP contribution is -2.31. The summed E-state index contributed by atoms with van der Waals surface area (Å²) in [4.78, 5) is 0. The highest BCUT2D eigenvalue weighted by Crippen LogP contribution is 2.42. The molecule has 0 fully saturated rings. The molecular weight excluding hydrogens is 272 g/mol. The molecule has 0 aliphatic heterocycles. The average Bonchev–Trinajstić information content (AvgIpc) is 2.34. The molecule has 130 valence electrons. The second-order valence-electron chi connectivity index (χ2n) is 8.18. The topological polar surface area (TPSA) is 18.5 Å². The van der Waals surface area contributed by atoms with Crippen LogP contribution in [-0.4, -0.2) is 24.4 Å². The highest BCUT2D eigenvalue weighted by atomic mass is 16.5. The predicted octanol–water partition coefficient (Wildman–Crippen LogP) is 5.78. The van der Waals surface area contributed by atoms with Gasteiger partial charge in [0, 0.05) is 13.2 Å². The molecule has 0 aromatic heterocycles. The molecule has 0 aromatic carbocycles. The van der Waals surface area contributed by atoms with Crippen molar-refractivity contribution in [1.82, 2.24) is 0 Å². The van der Waals surface area contributed by atoms with Crippen LogP contribution in [0.3, 0.4) is 0 Å². The van der Waals surface area contributed by atoms with Gasteiger partial charge in [0.1, 0.15) is 0 Å². The molecule has 0 radical (unpaired) electrons. The molecule has 2 nitrogen and oxygen atoms in total. The lowest BCUT2D eigenvalue weighted by Gasteiger charge is -2.39. The molecule has 0 saturated carbocycles. The van der Waals surface area contributed by atoms with Crippen LogP contribution in [0.4, 0.5) is 0 Å². The minimum atomic E-state index is -0.226. The second-order valence-corrected chi connectivity index (χ2v) is 8.18.